The molecule has 0 amide bonds. The van der Waals surface area contributed by atoms with Crippen LogP contribution < -0.4 is 5.73 Å². The van der Waals surface area contributed by atoms with Crippen LogP contribution in [0.25, 0.3) is 27.9 Å². The van der Waals surface area contributed by atoms with Crippen LogP contribution in [-0.4, -0.2) is 52.4 Å². The summed E-state index contributed by atoms with van der Waals surface area (Å²) >= 11 is 0. The van der Waals surface area contributed by atoms with Gasteiger partial charge in [0.1, 0.15) is 23.5 Å². The van der Waals surface area contributed by atoms with E-state index in [4.69, 9.17) is 24.9 Å². The third-order valence-electron chi connectivity index (χ3n) is 5.76. The molecular weight excluding hydrogens is 436 g/mol. The number of nitrogen functional groups attached to an aromatic ring is 1. The van der Waals surface area contributed by atoms with Crippen molar-refractivity contribution in [3.05, 3.63) is 59.7 Å². The number of anilines is 1. The van der Waals surface area contributed by atoms with Gasteiger partial charge in [0, 0.05) is 12.3 Å². The molecule has 1 saturated heterocycles. The fraction of sp³-hybridized carbons (Fsp3) is 0.280. The van der Waals surface area contributed by atoms with Gasteiger partial charge in [-0.3, -0.25) is 4.57 Å². The molecule has 9 nitrogen and oxygen atoms in total. The quantitative estimate of drug-likeness (QED) is 0.433. The summed E-state index contributed by atoms with van der Waals surface area (Å²) in [4.78, 5) is 34.6. The largest absolute Gasteiger partial charge is 0.462 e. The number of carbonyl (C=O) groups excluding carboxylic acids is 2. The molecule has 2 aromatic heterocycles. The molecule has 0 radical (unpaired) electrons. The lowest BCUT2D eigenvalue weighted by atomic mass is 10.2. The Labute approximate surface area is 195 Å². The Balaban J connectivity index is 1.60. The third-order valence-corrected chi connectivity index (χ3v) is 5.76. The highest BCUT2D eigenvalue weighted by atomic mass is 16.6. The van der Waals surface area contributed by atoms with Crippen LogP contribution in [-0.2, 0) is 14.2 Å². The zero-order valence-corrected chi connectivity index (χ0v) is 18.7. The van der Waals surface area contributed by atoms with Crippen molar-refractivity contribution >= 4 is 40.0 Å². The first-order valence-electron chi connectivity index (χ1n) is 11.2. The molecule has 0 spiro atoms. The number of nitrogens with zero attached hydrogens (tertiary/aromatic N) is 3. The number of hydrogen-bond acceptors (Lipinski definition) is 8. The Bertz CT molecular complexity index is 1370. The number of fused-ring (bicyclic) bond motifs is 2. The highest BCUT2D eigenvalue weighted by Gasteiger charge is 2.27. The van der Waals surface area contributed by atoms with E-state index in [1.54, 1.807) is 35.8 Å². The summed E-state index contributed by atoms with van der Waals surface area (Å²) < 4.78 is 17.8. The van der Waals surface area contributed by atoms with E-state index in [1.807, 2.05) is 24.3 Å². The van der Waals surface area contributed by atoms with Gasteiger partial charge >= 0.3 is 11.9 Å². The fourth-order valence-corrected chi connectivity index (χ4v) is 4.10. The van der Waals surface area contributed by atoms with Crippen molar-refractivity contribution in [1.29, 1.82) is 0 Å². The monoisotopic (exact) mass is 460 g/mol. The van der Waals surface area contributed by atoms with Crippen molar-refractivity contribution < 1.29 is 23.8 Å². The van der Waals surface area contributed by atoms with Gasteiger partial charge < -0.3 is 19.9 Å². The Morgan fingerprint density at radius 3 is 2.47 bits per heavy atom. The topological polar surface area (TPSA) is 119 Å². The maximum Gasteiger partial charge on any atom is 0.344 e. The molecule has 1 fully saturated rings. The summed E-state index contributed by atoms with van der Waals surface area (Å²) in [6.45, 7) is 2.86. The zero-order valence-electron chi connectivity index (χ0n) is 18.7. The Morgan fingerprint density at radius 1 is 1.06 bits per heavy atom. The summed E-state index contributed by atoms with van der Waals surface area (Å²) in [7, 11) is 0. The minimum absolute atomic E-state index is 0.110. The number of benzene rings is 2. The lowest BCUT2D eigenvalue weighted by molar-refractivity contribution is 0.0163. The molecule has 3 heterocycles. The SMILES string of the molecule is CCOC(=O)c1ccc(-n2c(N)c(C(=O)OCC3CCCO3)c3nc4ccccc4nc32)cc1. The second kappa shape index (κ2) is 9.11. The first-order chi connectivity index (χ1) is 16.6. The number of aromatic nitrogens is 3. The second-order valence-corrected chi connectivity index (χ2v) is 7.98. The van der Waals surface area contributed by atoms with Crippen LogP contribution in [0.1, 0.15) is 40.5 Å². The molecule has 0 bridgehead atoms. The molecule has 1 aliphatic heterocycles. The number of carbonyl (C=O) groups is 2. The van der Waals surface area contributed by atoms with Crippen molar-refractivity contribution in [2.75, 3.05) is 25.6 Å². The molecule has 0 saturated carbocycles. The van der Waals surface area contributed by atoms with Gasteiger partial charge in [0.2, 0.25) is 0 Å². The van der Waals surface area contributed by atoms with Crippen molar-refractivity contribution in [3.63, 3.8) is 0 Å². The predicted molar refractivity (Wildman–Crippen MR) is 126 cm³/mol. The molecule has 4 aromatic rings. The van der Waals surface area contributed by atoms with E-state index >= 15 is 0 Å². The van der Waals surface area contributed by atoms with E-state index in [0.717, 1.165) is 12.8 Å². The van der Waals surface area contributed by atoms with Gasteiger partial charge in [-0.1, -0.05) is 12.1 Å². The average Bonchev–Trinajstić information content (AvgIpc) is 3.47. The van der Waals surface area contributed by atoms with E-state index in [2.05, 4.69) is 4.98 Å². The molecular formula is C25H24N4O5. The van der Waals surface area contributed by atoms with Gasteiger partial charge in [-0.05, 0) is 56.2 Å². The first kappa shape index (κ1) is 21.8. The van der Waals surface area contributed by atoms with Crippen LogP contribution in [0.5, 0.6) is 0 Å². The molecule has 1 aliphatic rings. The molecule has 2 N–H and O–H groups in total. The number of hydrogen-bond donors (Lipinski definition) is 1. The van der Waals surface area contributed by atoms with Crippen LogP contribution in [0.4, 0.5) is 5.82 Å². The molecule has 174 valence electrons. The molecule has 1 unspecified atom stereocenters. The lowest BCUT2D eigenvalue weighted by Crippen LogP contribution is -2.18. The Hall–Kier alpha value is -3.98. The molecule has 0 aliphatic carbocycles. The van der Waals surface area contributed by atoms with Gasteiger partial charge in [0.05, 0.1) is 29.3 Å². The standard InChI is InChI=1S/C25H24N4O5/c1-2-32-24(30)15-9-11-16(12-10-15)29-22(26)20(25(31)34-14-17-6-5-13-33-17)21-23(29)28-19-8-4-3-7-18(19)27-21/h3-4,7-12,17H,2,5-6,13-14,26H2,1H3. The summed E-state index contributed by atoms with van der Waals surface area (Å²) in [6.07, 6.45) is 1.69. The van der Waals surface area contributed by atoms with Crippen LogP contribution in [0.15, 0.2) is 48.5 Å². The third kappa shape index (κ3) is 3.94. The van der Waals surface area contributed by atoms with Crippen LogP contribution in [0, 0.1) is 0 Å². The van der Waals surface area contributed by atoms with Crippen molar-refractivity contribution in [1.82, 2.24) is 14.5 Å². The maximum atomic E-state index is 13.1. The summed E-state index contributed by atoms with van der Waals surface area (Å²) in [5, 5.41) is 0. The average molecular weight is 460 g/mol. The van der Waals surface area contributed by atoms with E-state index in [0.29, 0.717) is 40.1 Å². The van der Waals surface area contributed by atoms with E-state index in [1.165, 1.54) is 0 Å². The Kier molecular flexibility index (Phi) is 5.85. The second-order valence-electron chi connectivity index (χ2n) is 7.98. The van der Waals surface area contributed by atoms with Crippen molar-refractivity contribution in [2.45, 2.75) is 25.9 Å². The van der Waals surface area contributed by atoms with Crippen LogP contribution in [0.2, 0.25) is 0 Å². The van der Waals surface area contributed by atoms with Crippen LogP contribution >= 0.6 is 0 Å². The highest BCUT2D eigenvalue weighted by Crippen LogP contribution is 2.32. The number of ether oxygens (including phenoxy) is 3. The maximum absolute atomic E-state index is 13.1. The summed E-state index contributed by atoms with van der Waals surface area (Å²) in [6, 6.07) is 14.1. The van der Waals surface area contributed by atoms with Crippen molar-refractivity contribution in [3.8, 4) is 5.69 Å². The van der Waals surface area contributed by atoms with E-state index < -0.39 is 11.9 Å². The van der Waals surface area contributed by atoms with E-state index in [-0.39, 0.29) is 30.7 Å². The summed E-state index contributed by atoms with van der Waals surface area (Å²) in [5.41, 5.74) is 9.76. The summed E-state index contributed by atoms with van der Waals surface area (Å²) in [5.74, 6) is -0.834. The number of nitrogens with two attached hydrogens (primary N) is 1. The minimum Gasteiger partial charge on any atom is -0.462 e. The molecule has 1 atom stereocenters. The van der Waals surface area contributed by atoms with Gasteiger partial charge in [-0.25, -0.2) is 19.6 Å². The molecule has 34 heavy (non-hydrogen) atoms. The van der Waals surface area contributed by atoms with Gasteiger partial charge in [0.15, 0.2) is 5.65 Å². The minimum atomic E-state index is -0.579. The first-order valence-corrected chi connectivity index (χ1v) is 11.2. The normalized spacial score (nSPS) is 15.6. The smallest absolute Gasteiger partial charge is 0.344 e. The fourth-order valence-electron chi connectivity index (χ4n) is 4.10. The van der Waals surface area contributed by atoms with Gasteiger partial charge in [-0.2, -0.15) is 0 Å². The number of rotatable bonds is 6. The number of para-hydroxylation sites is 2. The predicted octanol–water partition coefficient (Wildman–Crippen LogP) is 3.67. The van der Waals surface area contributed by atoms with Crippen molar-refractivity contribution in [2.24, 2.45) is 0 Å². The van der Waals surface area contributed by atoms with Gasteiger partial charge in [-0.15, -0.1) is 0 Å². The van der Waals surface area contributed by atoms with E-state index in [9.17, 15) is 9.59 Å². The molecule has 5 rings (SSSR count). The Morgan fingerprint density at radius 2 is 1.79 bits per heavy atom. The lowest BCUT2D eigenvalue weighted by Gasteiger charge is -2.11. The van der Waals surface area contributed by atoms with Crippen LogP contribution in [0.3, 0.4) is 0 Å². The highest BCUT2D eigenvalue weighted by molar-refractivity contribution is 6.09. The zero-order chi connectivity index (χ0) is 23.7. The molecule has 9 heteroatoms. The number of esters is 2. The van der Waals surface area contributed by atoms with Gasteiger partial charge in [0.25, 0.3) is 0 Å². The molecule has 2 aromatic carbocycles.